The lowest BCUT2D eigenvalue weighted by Gasteiger charge is -2.45. The van der Waals surface area contributed by atoms with Crippen LogP contribution >= 0.6 is 0 Å². The van der Waals surface area contributed by atoms with Crippen molar-refractivity contribution >= 4 is 11.9 Å². The first-order chi connectivity index (χ1) is 23.7. The molecule has 9 nitrogen and oxygen atoms in total. The predicted molar refractivity (Wildman–Crippen MR) is 190 cm³/mol. The number of aryl methyl sites for hydroxylation is 1. The van der Waals surface area contributed by atoms with Gasteiger partial charge in [0.15, 0.2) is 0 Å². The van der Waals surface area contributed by atoms with Crippen molar-refractivity contribution < 1.29 is 19.0 Å². The van der Waals surface area contributed by atoms with E-state index in [1.807, 2.05) is 31.7 Å². The molecule has 2 bridgehead atoms. The lowest BCUT2D eigenvalue weighted by Crippen LogP contribution is -2.57. The first-order valence-electron chi connectivity index (χ1n) is 18.6. The largest absolute Gasteiger partial charge is 0.489 e. The van der Waals surface area contributed by atoms with Crippen molar-refractivity contribution in [3.63, 3.8) is 0 Å². The zero-order valence-electron chi connectivity index (χ0n) is 29.4. The van der Waals surface area contributed by atoms with Crippen LogP contribution in [-0.2, 0) is 36.0 Å². The minimum Gasteiger partial charge on any atom is -0.489 e. The minimum atomic E-state index is -0.512. The highest BCUT2D eigenvalue weighted by Crippen LogP contribution is 2.49. The molecular weight excluding hydrogens is 614 g/mol. The molecule has 1 unspecified atom stereocenters. The number of rotatable bonds is 7. The highest BCUT2D eigenvalue weighted by molar-refractivity contribution is 5.70. The highest BCUT2D eigenvalue weighted by Gasteiger charge is 2.47. The van der Waals surface area contributed by atoms with Crippen LogP contribution in [0.4, 0.5) is 10.6 Å². The number of aromatic nitrogens is 2. The van der Waals surface area contributed by atoms with Gasteiger partial charge in [-0.1, -0.05) is 36.4 Å². The molecule has 8 rings (SSSR count). The van der Waals surface area contributed by atoms with Gasteiger partial charge in [-0.25, -0.2) is 4.79 Å². The lowest BCUT2D eigenvalue weighted by atomic mass is 9.62. The summed E-state index contributed by atoms with van der Waals surface area (Å²) in [6.45, 7) is 9.49. The number of anilines is 1. The van der Waals surface area contributed by atoms with Crippen LogP contribution in [0.15, 0.2) is 48.5 Å². The quantitative estimate of drug-likeness (QED) is 0.305. The zero-order chi connectivity index (χ0) is 33.6. The van der Waals surface area contributed by atoms with E-state index in [1.165, 1.54) is 35.1 Å². The van der Waals surface area contributed by atoms with Gasteiger partial charge in [-0.2, -0.15) is 9.97 Å². The number of ether oxygens (including phenoxy) is 3. The van der Waals surface area contributed by atoms with Gasteiger partial charge in [-0.05, 0) is 120 Å². The van der Waals surface area contributed by atoms with Gasteiger partial charge in [0.1, 0.15) is 30.4 Å². The molecule has 3 fully saturated rings. The van der Waals surface area contributed by atoms with Crippen molar-refractivity contribution in [3.05, 3.63) is 76.5 Å². The van der Waals surface area contributed by atoms with Crippen molar-refractivity contribution in [1.29, 1.82) is 0 Å². The molecule has 1 N–H and O–H groups in total. The maximum atomic E-state index is 13.2. The third-order valence-electron chi connectivity index (χ3n) is 11.4. The average Bonchev–Trinajstić information content (AvgIpc) is 3.71. The summed E-state index contributed by atoms with van der Waals surface area (Å²) in [4.78, 5) is 28.0. The van der Waals surface area contributed by atoms with E-state index in [0.29, 0.717) is 25.3 Å². The van der Waals surface area contributed by atoms with Gasteiger partial charge in [0.2, 0.25) is 0 Å². The number of piperazine rings is 1. The summed E-state index contributed by atoms with van der Waals surface area (Å²) in [5.41, 5.74) is 5.92. The molecule has 0 saturated carbocycles. The van der Waals surface area contributed by atoms with Crippen molar-refractivity contribution in [2.24, 2.45) is 0 Å². The average molecular weight is 666 g/mol. The van der Waals surface area contributed by atoms with Crippen LogP contribution in [0.1, 0.15) is 93.7 Å². The number of nitrogens with one attached hydrogen (secondary N) is 1. The molecule has 1 amide bonds. The molecule has 2 aliphatic carbocycles. The first-order valence-corrected chi connectivity index (χ1v) is 18.6. The Morgan fingerprint density at radius 2 is 1.78 bits per heavy atom. The van der Waals surface area contributed by atoms with E-state index >= 15 is 0 Å². The minimum absolute atomic E-state index is 0.0110. The molecule has 3 aliphatic heterocycles. The topological polar surface area (TPSA) is 89.1 Å². The number of benzene rings is 2. The standard InChI is InChI=1S/C40H51N5O4/c1-39(2,3)49-38(46)45-30-14-15-31(45)24-44(23-30)36-33-17-19-40(22-35(33)42-37(43-36)48-26-29-12-8-20-41-29)18-7-11-28-13-16-32(21-34(28)40)47-25-27-9-5-4-6-10-27/h4-6,9-10,13,16,21,29-31,41H,7-8,11-12,14-15,17-20,22-26H2,1-3H3/t29-,30-,31+,40?/m0/s1. The van der Waals surface area contributed by atoms with Gasteiger partial charge in [0.25, 0.3) is 0 Å². The fourth-order valence-corrected chi connectivity index (χ4v) is 9.05. The fraction of sp³-hybridized carbons (Fsp3) is 0.575. The van der Waals surface area contributed by atoms with Gasteiger partial charge in [-0.3, -0.25) is 4.90 Å². The fourth-order valence-electron chi connectivity index (χ4n) is 9.05. The zero-order valence-corrected chi connectivity index (χ0v) is 29.4. The number of nitrogens with zero attached hydrogens (tertiary/aromatic N) is 4. The Bertz CT molecular complexity index is 1660. The van der Waals surface area contributed by atoms with Gasteiger partial charge in [-0.15, -0.1) is 0 Å². The predicted octanol–water partition coefficient (Wildman–Crippen LogP) is 6.54. The number of hydrogen-bond donors (Lipinski definition) is 1. The molecule has 4 heterocycles. The van der Waals surface area contributed by atoms with Crippen molar-refractivity contribution in [2.75, 3.05) is 31.1 Å². The van der Waals surface area contributed by atoms with Crippen molar-refractivity contribution in [2.45, 2.75) is 121 Å². The molecule has 1 spiro atoms. The van der Waals surface area contributed by atoms with Crippen LogP contribution in [0.3, 0.4) is 0 Å². The Balaban J connectivity index is 1.08. The highest BCUT2D eigenvalue weighted by atomic mass is 16.6. The van der Waals surface area contributed by atoms with Crippen LogP contribution in [-0.4, -0.2) is 70.9 Å². The molecule has 260 valence electrons. The summed E-state index contributed by atoms with van der Waals surface area (Å²) in [5.74, 6) is 1.94. The second kappa shape index (κ2) is 13.1. The Morgan fingerprint density at radius 1 is 0.959 bits per heavy atom. The Morgan fingerprint density at radius 3 is 2.53 bits per heavy atom. The number of carbonyl (C=O) groups excluding carboxylic acids is 1. The molecular formula is C40H51N5O4. The van der Waals surface area contributed by atoms with E-state index in [4.69, 9.17) is 24.2 Å². The number of hydrogen-bond acceptors (Lipinski definition) is 8. The number of fused-ring (bicyclic) bond motifs is 5. The van der Waals surface area contributed by atoms with Crippen LogP contribution in [0.5, 0.6) is 11.8 Å². The van der Waals surface area contributed by atoms with Gasteiger partial charge >= 0.3 is 12.1 Å². The maximum Gasteiger partial charge on any atom is 0.410 e. The SMILES string of the molecule is CC(C)(C)OC(=O)N1[C@@H]2CC[C@H]1CN(c1nc(OC[C@@H]3CCCN3)nc3c1CCC1(CCCc4ccc(OCc5ccccc5)cc41)C3)C2. The molecule has 3 saturated heterocycles. The number of amides is 1. The summed E-state index contributed by atoms with van der Waals surface area (Å²) in [6, 6.07) is 18.2. The third-order valence-corrected chi connectivity index (χ3v) is 11.4. The summed E-state index contributed by atoms with van der Waals surface area (Å²) in [6.07, 6.45) is 10.3. The monoisotopic (exact) mass is 665 g/mol. The molecule has 1 aromatic heterocycles. The van der Waals surface area contributed by atoms with E-state index in [9.17, 15) is 4.79 Å². The van der Waals surface area contributed by atoms with Crippen LogP contribution in [0.2, 0.25) is 0 Å². The third kappa shape index (κ3) is 6.71. The second-order valence-corrected chi connectivity index (χ2v) is 15.9. The Hall–Kier alpha value is -3.85. The molecule has 5 aliphatic rings. The van der Waals surface area contributed by atoms with E-state index in [-0.39, 0.29) is 23.6 Å². The smallest absolute Gasteiger partial charge is 0.410 e. The van der Waals surface area contributed by atoms with Gasteiger partial charge in [0.05, 0.1) is 17.8 Å². The molecule has 2 aromatic carbocycles. The van der Waals surface area contributed by atoms with E-state index in [0.717, 1.165) is 88.3 Å². The van der Waals surface area contributed by atoms with E-state index in [2.05, 4.69) is 52.7 Å². The van der Waals surface area contributed by atoms with Crippen molar-refractivity contribution in [3.8, 4) is 11.8 Å². The lowest BCUT2D eigenvalue weighted by molar-refractivity contribution is 0.0122. The summed E-state index contributed by atoms with van der Waals surface area (Å²) < 4.78 is 18.6. The molecule has 9 heteroatoms. The van der Waals surface area contributed by atoms with Gasteiger partial charge in [0, 0.05) is 30.1 Å². The molecule has 49 heavy (non-hydrogen) atoms. The molecule has 3 aromatic rings. The summed E-state index contributed by atoms with van der Waals surface area (Å²) in [5, 5.41) is 3.55. The maximum absolute atomic E-state index is 13.2. The van der Waals surface area contributed by atoms with E-state index in [1.54, 1.807) is 0 Å². The molecule has 0 radical (unpaired) electrons. The van der Waals surface area contributed by atoms with Crippen LogP contribution in [0.25, 0.3) is 0 Å². The molecule has 4 atom stereocenters. The summed E-state index contributed by atoms with van der Waals surface area (Å²) in [7, 11) is 0. The Kier molecular flexibility index (Phi) is 8.67. The van der Waals surface area contributed by atoms with Crippen molar-refractivity contribution in [1.82, 2.24) is 20.2 Å². The number of carbonyl (C=O) groups is 1. The van der Waals surface area contributed by atoms with E-state index < -0.39 is 5.60 Å². The first kappa shape index (κ1) is 32.4. The summed E-state index contributed by atoms with van der Waals surface area (Å²) >= 11 is 0. The van der Waals surface area contributed by atoms with Gasteiger partial charge < -0.3 is 24.4 Å². The van der Waals surface area contributed by atoms with Crippen LogP contribution in [0, 0.1) is 0 Å². The second-order valence-electron chi connectivity index (χ2n) is 15.9. The Labute approximate surface area is 290 Å². The normalized spacial score (nSPS) is 26.0. The van der Waals surface area contributed by atoms with Crippen LogP contribution < -0.4 is 19.7 Å².